The molecule has 0 aliphatic carbocycles. The molecule has 0 saturated carbocycles. The normalized spacial score (nSPS) is 11.9. The van der Waals surface area contributed by atoms with E-state index >= 15 is 0 Å². The second-order valence-corrected chi connectivity index (χ2v) is 20.2. The summed E-state index contributed by atoms with van der Waals surface area (Å²) in [5, 5.41) is 0. The van der Waals surface area contributed by atoms with E-state index in [9.17, 15) is 0 Å². The van der Waals surface area contributed by atoms with Crippen LogP contribution in [0.25, 0.3) is 0 Å². The van der Waals surface area contributed by atoms with Crippen molar-refractivity contribution in [2.75, 3.05) is 0 Å². The molecule has 0 radical (unpaired) electrons. The summed E-state index contributed by atoms with van der Waals surface area (Å²) in [5.74, 6) is 0.922. The van der Waals surface area contributed by atoms with Gasteiger partial charge in [0.15, 0.2) is 0 Å². The molecular weight excluding hydrogens is 389 g/mol. The van der Waals surface area contributed by atoms with E-state index < -0.39 is 18.4 Å². The third-order valence-corrected chi connectivity index (χ3v) is 19.8. The minimum atomic E-state index is -2.35. The standard InChI is InChI=1S/C8H10NO.3C4H9.Sn/c1-7(2)10-8-4-3-5-9-6-8;3*1-3-4-2;/h3-4,6-7H,1-2H3;3*1,3-4H2,2H3;. The van der Waals surface area contributed by atoms with Gasteiger partial charge in [-0.15, -0.1) is 0 Å². The summed E-state index contributed by atoms with van der Waals surface area (Å²) in [6.07, 6.45) is 10.3. The Hall–Kier alpha value is -0.251. The van der Waals surface area contributed by atoms with Gasteiger partial charge >= 0.3 is 148 Å². The molecule has 0 amide bonds. The van der Waals surface area contributed by atoms with E-state index in [1.165, 1.54) is 55.5 Å². The van der Waals surface area contributed by atoms with Gasteiger partial charge in [0.2, 0.25) is 0 Å². The predicted molar refractivity (Wildman–Crippen MR) is 105 cm³/mol. The number of hydrogen-bond acceptors (Lipinski definition) is 2. The Kier molecular flexibility index (Phi) is 10.2. The van der Waals surface area contributed by atoms with Crippen LogP contribution in [0, 0.1) is 0 Å². The Balaban J connectivity index is 3.02. The van der Waals surface area contributed by atoms with Gasteiger partial charge in [-0.05, 0) is 0 Å². The molecule has 1 heterocycles. The van der Waals surface area contributed by atoms with Crippen LogP contribution in [0.4, 0.5) is 0 Å². The van der Waals surface area contributed by atoms with Gasteiger partial charge in [0.05, 0.1) is 0 Å². The van der Waals surface area contributed by atoms with Gasteiger partial charge in [0.25, 0.3) is 0 Å². The molecule has 1 aromatic rings. The molecule has 0 unspecified atom stereocenters. The average Bonchev–Trinajstić information content (AvgIpc) is 2.55. The maximum atomic E-state index is 5.79. The summed E-state index contributed by atoms with van der Waals surface area (Å²) < 4.78 is 11.7. The van der Waals surface area contributed by atoms with Crippen molar-refractivity contribution in [2.24, 2.45) is 0 Å². The SMILES string of the molecule is CCC[CH2][Sn]([CH2]CCC)([CH2]CCC)[c]1ccc(OC(C)C)cn1. The van der Waals surface area contributed by atoms with Gasteiger partial charge in [0.1, 0.15) is 0 Å². The van der Waals surface area contributed by atoms with Crippen molar-refractivity contribution in [1.29, 1.82) is 0 Å². The molecule has 0 aliphatic heterocycles. The molecule has 0 saturated heterocycles. The fourth-order valence-corrected chi connectivity index (χ4v) is 18.7. The molecular formula is C20H37NOSn. The van der Waals surface area contributed by atoms with Crippen molar-refractivity contribution >= 4 is 22.1 Å². The summed E-state index contributed by atoms with van der Waals surface area (Å²) in [6.45, 7) is 11.1. The number of hydrogen-bond donors (Lipinski definition) is 0. The fraction of sp³-hybridized carbons (Fsp3) is 0.750. The third-order valence-electron chi connectivity index (χ3n) is 4.68. The summed E-state index contributed by atoms with van der Waals surface area (Å²) in [5.41, 5.74) is 0. The molecule has 0 spiro atoms. The van der Waals surface area contributed by atoms with Crippen molar-refractivity contribution < 1.29 is 4.74 Å². The van der Waals surface area contributed by atoms with Crippen molar-refractivity contribution in [3.63, 3.8) is 0 Å². The zero-order chi connectivity index (χ0) is 17.1. The van der Waals surface area contributed by atoms with E-state index in [1.807, 2.05) is 6.20 Å². The van der Waals surface area contributed by atoms with Gasteiger partial charge in [0, 0.05) is 0 Å². The zero-order valence-electron chi connectivity index (χ0n) is 16.0. The molecule has 0 N–H and O–H groups in total. The Morgan fingerprint density at radius 2 is 1.43 bits per heavy atom. The van der Waals surface area contributed by atoms with Crippen LogP contribution < -0.4 is 8.45 Å². The van der Waals surface area contributed by atoms with E-state index in [-0.39, 0.29) is 6.10 Å². The summed E-state index contributed by atoms with van der Waals surface area (Å²) in [4.78, 5) is 4.93. The number of pyridine rings is 1. The van der Waals surface area contributed by atoms with Crippen LogP contribution in [0.2, 0.25) is 13.3 Å². The predicted octanol–water partition coefficient (Wildman–Crippen LogP) is 5.92. The van der Waals surface area contributed by atoms with Gasteiger partial charge in [-0.25, -0.2) is 0 Å². The van der Waals surface area contributed by atoms with Crippen molar-refractivity contribution in [2.45, 2.75) is 92.6 Å². The number of ether oxygens (including phenoxy) is 1. The van der Waals surface area contributed by atoms with Crippen LogP contribution in [0.3, 0.4) is 0 Å². The molecule has 0 aliphatic rings. The first-order valence-corrected chi connectivity index (χ1v) is 17.2. The Labute approximate surface area is 148 Å². The van der Waals surface area contributed by atoms with Crippen molar-refractivity contribution in [3.05, 3.63) is 18.3 Å². The van der Waals surface area contributed by atoms with Crippen LogP contribution in [-0.2, 0) is 0 Å². The second-order valence-electron chi connectivity index (χ2n) is 7.14. The zero-order valence-corrected chi connectivity index (χ0v) is 18.9. The van der Waals surface area contributed by atoms with Gasteiger partial charge in [-0.3, -0.25) is 0 Å². The van der Waals surface area contributed by atoms with Crippen molar-refractivity contribution in [1.82, 2.24) is 4.98 Å². The first kappa shape index (κ1) is 20.8. The minimum absolute atomic E-state index is 0.219. The molecule has 0 bridgehead atoms. The monoisotopic (exact) mass is 427 g/mol. The Bertz CT molecular complexity index is 394. The fourth-order valence-electron chi connectivity index (χ4n) is 3.34. The van der Waals surface area contributed by atoms with Gasteiger partial charge < -0.3 is 0 Å². The summed E-state index contributed by atoms with van der Waals surface area (Å²) in [7, 11) is 0. The molecule has 3 heteroatoms. The molecule has 0 atom stereocenters. The molecule has 2 nitrogen and oxygen atoms in total. The Morgan fingerprint density at radius 3 is 1.78 bits per heavy atom. The molecule has 23 heavy (non-hydrogen) atoms. The van der Waals surface area contributed by atoms with E-state index in [0.29, 0.717) is 0 Å². The van der Waals surface area contributed by atoms with Gasteiger partial charge in [-0.1, -0.05) is 0 Å². The van der Waals surface area contributed by atoms with Crippen LogP contribution >= 0.6 is 0 Å². The summed E-state index contributed by atoms with van der Waals surface area (Å²) in [6, 6.07) is 4.48. The van der Waals surface area contributed by atoms with E-state index in [4.69, 9.17) is 9.72 Å². The van der Waals surface area contributed by atoms with Gasteiger partial charge in [-0.2, -0.15) is 0 Å². The molecule has 0 fully saturated rings. The summed E-state index contributed by atoms with van der Waals surface area (Å²) >= 11 is -2.35. The quantitative estimate of drug-likeness (QED) is 0.387. The number of aromatic nitrogens is 1. The maximum absolute atomic E-state index is 5.79. The molecule has 1 aromatic heterocycles. The molecule has 0 aromatic carbocycles. The van der Waals surface area contributed by atoms with Crippen molar-refractivity contribution in [3.8, 4) is 5.75 Å². The topological polar surface area (TPSA) is 22.1 Å². The van der Waals surface area contributed by atoms with Crippen LogP contribution in [0.1, 0.15) is 73.1 Å². The third kappa shape index (κ3) is 7.02. The van der Waals surface area contributed by atoms with E-state index in [0.717, 1.165) is 5.75 Å². The number of unbranched alkanes of at least 4 members (excludes halogenated alkanes) is 3. The number of rotatable bonds is 12. The van der Waals surface area contributed by atoms with Crippen LogP contribution in [0.15, 0.2) is 18.3 Å². The Morgan fingerprint density at radius 1 is 0.913 bits per heavy atom. The van der Waals surface area contributed by atoms with Crippen LogP contribution in [0.5, 0.6) is 5.75 Å². The average molecular weight is 426 g/mol. The first-order valence-electron chi connectivity index (χ1n) is 9.71. The molecule has 132 valence electrons. The number of nitrogens with zero attached hydrogens (tertiary/aromatic N) is 1. The van der Waals surface area contributed by atoms with E-state index in [2.05, 4.69) is 46.8 Å². The molecule has 1 rings (SSSR count). The van der Waals surface area contributed by atoms with E-state index in [1.54, 1.807) is 0 Å². The van der Waals surface area contributed by atoms with Crippen LogP contribution in [-0.4, -0.2) is 29.5 Å². The second kappa shape index (κ2) is 11.3. The first-order chi connectivity index (χ1) is 11.1.